The van der Waals surface area contributed by atoms with Crippen molar-refractivity contribution in [2.24, 2.45) is 5.92 Å². The Morgan fingerprint density at radius 3 is 2.73 bits per heavy atom. The van der Waals surface area contributed by atoms with Gasteiger partial charge in [0.25, 0.3) is 5.91 Å². The topological polar surface area (TPSA) is 84.9 Å². The number of piperidine rings is 1. The van der Waals surface area contributed by atoms with Crippen LogP contribution in [0.2, 0.25) is 0 Å². The van der Waals surface area contributed by atoms with Crippen LogP contribution in [-0.2, 0) is 19.5 Å². The van der Waals surface area contributed by atoms with Crippen LogP contribution in [0.25, 0.3) is 0 Å². The molecule has 0 bridgehead atoms. The van der Waals surface area contributed by atoms with Gasteiger partial charge in [0.15, 0.2) is 0 Å². The highest BCUT2D eigenvalue weighted by molar-refractivity contribution is 7.89. The number of sulfonamides is 1. The summed E-state index contributed by atoms with van der Waals surface area (Å²) in [4.78, 5) is 14.6. The second kappa shape index (κ2) is 8.47. The molecule has 1 amide bonds. The molecule has 2 aliphatic rings. The van der Waals surface area contributed by atoms with Crippen molar-refractivity contribution in [3.05, 3.63) is 29.8 Å². The minimum Gasteiger partial charge on any atom is -0.376 e. The zero-order valence-electron chi connectivity index (χ0n) is 15.0. The lowest BCUT2D eigenvalue weighted by molar-refractivity contribution is -0.0846. The highest BCUT2D eigenvalue weighted by atomic mass is 32.2. The third-order valence-electron chi connectivity index (χ3n) is 4.85. The number of likely N-dealkylation sites (tertiary alicyclic amines) is 1. The smallest absolute Gasteiger partial charge is 0.253 e. The lowest BCUT2D eigenvalue weighted by Gasteiger charge is -2.30. The maximum absolute atomic E-state index is 12.7. The molecular weight excluding hydrogens is 356 g/mol. The lowest BCUT2D eigenvalue weighted by Crippen LogP contribution is -2.40. The fourth-order valence-electron chi connectivity index (χ4n) is 3.13. The average molecular weight is 382 g/mol. The van der Waals surface area contributed by atoms with Crippen LogP contribution in [-0.4, -0.2) is 64.8 Å². The zero-order chi connectivity index (χ0) is 18.6. The molecule has 0 unspecified atom stereocenters. The quantitative estimate of drug-likeness (QED) is 0.829. The number of nitrogens with one attached hydrogen (secondary N) is 1. The van der Waals surface area contributed by atoms with Gasteiger partial charge in [0.05, 0.1) is 30.8 Å². The zero-order valence-corrected chi connectivity index (χ0v) is 15.8. The number of benzene rings is 1. The van der Waals surface area contributed by atoms with Crippen molar-refractivity contribution in [3.63, 3.8) is 0 Å². The van der Waals surface area contributed by atoms with Crippen LogP contribution < -0.4 is 4.72 Å². The first-order valence-electron chi connectivity index (χ1n) is 9.04. The minimum absolute atomic E-state index is 0.0884. The van der Waals surface area contributed by atoms with Gasteiger partial charge in [0, 0.05) is 25.2 Å². The van der Waals surface area contributed by atoms with Crippen molar-refractivity contribution in [1.82, 2.24) is 9.62 Å². The van der Waals surface area contributed by atoms with Gasteiger partial charge in [-0.25, -0.2) is 13.1 Å². The molecule has 26 heavy (non-hydrogen) atoms. The van der Waals surface area contributed by atoms with E-state index in [1.807, 2.05) is 0 Å². The summed E-state index contributed by atoms with van der Waals surface area (Å²) in [6.07, 6.45) is 1.67. The van der Waals surface area contributed by atoms with Gasteiger partial charge in [0.1, 0.15) is 0 Å². The predicted molar refractivity (Wildman–Crippen MR) is 96.5 cm³/mol. The highest BCUT2D eigenvalue weighted by Crippen LogP contribution is 2.19. The Morgan fingerprint density at radius 2 is 2.04 bits per heavy atom. The summed E-state index contributed by atoms with van der Waals surface area (Å²) >= 11 is 0. The van der Waals surface area contributed by atoms with Crippen molar-refractivity contribution in [1.29, 1.82) is 0 Å². The first kappa shape index (κ1) is 19.3. The average Bonchev–Trinajstić information content (AvgIpc) is 2.67. The number of carbonyl (C=O) groups excluding carboxylic acids is 1. The van der Waals surface area contributed by atoms with Crippen LogP contribution in [0, 0.1) is 5.92 Å². The summed E-state index contributed by atoms with van der Waals surface area (Å²) in [6.45, 7) is 5.12. The molecule has 1 atom stereocenters. The van der Waals surface area contributed by atoms with E-state index in [1.54, 1.807) is 17.0 Å². The molecule has 0 radical (unpaired) electrons. The summed E-state index contributed by atoms with van der Waals surface area (Å²) in [6, 6.07) is 6.21. The number of ether oxygens (including phenoxy) is 2. The van der Waals surface area contributed by atoms with E-state index >= 15 is 0 Å². The first-order chi connectivity index (χ1) is 12.5. The summed E-state index contributed by atoms with van der Waals surface area (Å²) in [5.41, 5.74) is 0.402. The van der Waals surface area contributed by atoms with Gasteiger partial charge < -0.3 is 14.4 Å². The van der Waals surface area contributed by atoms with E-state index in [9.17, 15) is 13.2 Å². The Kier molecular flexibility index (Phi) is 6.29. The lowest BCUT2D eigenvalue weighted by atomic mass is 9.98. The van der Waals surface area contributed by atoms with E-state index in [1.165, 1.54) is 12.1 Å². The van der Waals surface area contributed by atoms with E-state index < -0.39 is 10.0 Å². The second-order valence-electron chi connectivity index (χ2n) is 6.92. The number of hydrogen-bond donors (Lipinski definition) is 1. The van der Waals surface area contributed by atoms with E-state index in [0.717, 1.165) is 12.8 Å². The van der Waals surface area contributed by atoms with E-state index in [4.69, 9.17) is 9.47 Å². The van der Waals surface area contributed by atoms with Crippen molar-refractivity contribution in [2.45, 2.75) is 30.8 Å². The number of nitrogens with zero attached hydrogens (tertiary/aromatic N) is 1. The standard InChI is InChI=1S/C18H26N2O5S/c1-14-5-7-20(8-6-14)18(21)15-3-2-4-17(11-15)26(22,23)19-12-16-13-24-9-10-25-16/h2-4,11,14,16,19H,5-10,12-13H2,1H3/t16-/m1/s1. The number of amides is 1. The molecule has 2 heterocycles. The largest absolute Gasteiger partial charge is 0.376 e. The van der Waals surface area contributed by atoms with Gasteiger partial charge in [-0.1, -0.05) is 13.0 Å². The third kappa shape index (κ3) is 4.82. The van der Waals surface area contributed by atoms with Crippen molar-refractivity contribution >= 4 is 15.9 Å². The molecular formula is C18H26N2O5S. The molecule has 0 saturated carbocycles. The number of rotatable bonds is 5. The van der Waals surface area contributed by atoms with Gasteiger partial charge in [-0.05, 0) is 37.0 Å². The van der Waals surface area contributed by atoms with Crippen LogP contribution in [0.4, 0.5) is 0 Å². The molecule has 1 N–H and O–H groups in total. The third-order valence-corrected chi connectivity index (χ3v) is 6.27. The van der Waals surface area contributed by atoms with Gasteiger partial charge >= 0.3 is 0 Å². The molecule has 1 aromatic rings. The Bertz CT molecular complexity index is 723. The molecule has 0 spiro atoms. The first-order valence-corrected chi connectivity index (χ1v) is 10.5. The molecule has 2 fully saturated rings. The molecule has 1 aromatic carbocycles. The van der Waals surface area contributed by atoms with Gasteiger partial charge in [-0.2, -0.15) is 0 Å². The summed E-state index contributed by atoms with van der Waals surface area (Å²) in [5.74, 6) is 0.513. The summed E-state index contributed by atoms with van der Waals surface area (Å²) in [7, 11) is -3.71. The fourth-order valence-corrected chi connectivity index (χ4v) is 4.24. The normalized spacial score (nSPS) is 22.3. The van der Waals surface area contributed by atoms with Gasteiger partial charge in [0.2, 0.25) is 10.0 Å². The molecule has 3 rings (SSSR count). The maximum Gasteiger partial charge on any atom is 0.253 e. The number of hydrogen-bond acceptors (Lipinski definition) is 5. The number of carbonyl (C=O) groups is 1. The Morgan fingerprint density at radius 1 is 1.27 bits per heavy atom. The second-order valence-corrected chi connectivity index (χ2v) is 8.69. The monoisotopic (exact) mass is 382 g/mol. The molecule has 8 heteroatoms. The Labute approximate surface area is 154 Å². The Balaban J connectivity index is 1.66. The summed E-state index contributed by atoms with van der Waals surface area (Å²) < 4.78 is 38.3. The molecule has 144 valence electrons. The van der Waals surface area contributed by atoms with Crippen molar-refractivity contribution in [3.8, 4) is 0 Å². The molecule has 0 aliphatic carbocycles. The van der Waals surface area contributed by atoms with Gasteiger partial charge in [-0.15, -0.1) is 0 Å². The molecule has 7 nitrogen and oxygen atoms in total. The van der Waals surface area contributed by atoms with Crippen LogP contribution >= 0.6 is 0 Å². The van der Waals surface area contributed by atoms with E-state index in [0.29, 0.717) is 44.4 Å². The van der Waals surface area contributed by atoms with E-state index in [2.05, 4.69) is 11.6 Å². The van der Waals surface area contributed by atoms with Crippen LogP contribution in [0.3, 0.4) is 0 Å². The van der Waals surface area contributed by atoms with Crippen molar-refractivity contribution in [2.75, 3.05) is 39.5 Å². The SMILES string of the molecule is CC1CCN(C(=O)c2cccc(S(=O)(=O)NC[C@@H]3COCCO3)c2)CC1. The van der Waals surface area contributed by atoms with Crippen molar-refractivity contribution < 1.29 is 22.7 Å². The molecule has 2 aliphatic heterocycles. The summed E-state index contributed by atoms with van der Waals surface area (Å²) in [5, 5.41) is 0. The predicted octanol–water partition coefficient (Wildman–Crippen LogP) is 1.25. The minimum atomic E-state index is -3.71. The van der Waals surface area contributed by atoms with E-state index in [-0.39, 0.29) is 23.5 Å². The van der Waals surface area contributed by atoms with Gasteiger partial charge in [-0.3, -0.25) is 4.79 Å². The Hall–Kier alpha value is -1.48. The van der Waals surface area contributed by atoms with Crippen LogP contribution in [0.1, 0.15) is 30.1 Å². The fraction of sp³-hybridized carbons (Fsp3) is 0.611. The van der Waals surface area contributed by atoms with Crippen LogP contribution in [0.5, 0.6) is 0 Å². The molecule has 0 aromatic heterocycles. The highest BCUT2D eigenvalue weighted by Gasteiger charge is 2.24. The van der Waals surface area contributed by atoms with Crippen LogP contribution in [0.15, 0.2) is 29.2 Å². The maximum atomic E-state index is 12.7. The molecule has 2 saturated heterocycles.